The maximum Gasteiger partial charge on any atom is 0.132 e. The van der Waals surface area contributed by atoms with E-state index in [1.54, 1.807) is 0 Å². The Balaban J connectivity index is 1.38. The van der Waals surface area contributed by atoms with Gasteiger partial charge in [-0.3, -0.25) is 4.79 Å². The minimum absolute atomic E-state index is 0.0544. The molecule has 0 amide bonds. The minimum atomic E-state index is -0.0544. The predicted molar refractivity (Wildman–Crippen MR) is 176 cm³/mol. The summed E-state index contributed by atoms with van der Waals surface area (Å²) in [5, 5.41) is 0. The summed E-state index contributed by atoms with van der Waals surface area (Å²) in [4.78, 5) is 12.3. The van der Waals surface area contributed by atoms with Crippen molar-refractivity contribution in [2.45, 2.75) is 129 Å². The normalized spacial score (nSPS) is 17.4. The van der Waals surface area contributed by atoms with Crippen LogP contribution in [-0.2, 0) is 27.8 Å². The molecule has 2 aromatic rings. The third kappa shape index (κ3) is 11.4. The second-order valence-electron chi connectivity index (χ2n) is 13.2. The predicted octanol–water partition coefficient (Wildman–Crippen LogP) is 10.5. The van der Waals surface area contributed by atoms with E-state index in [9.17, 15) is 4.79 Å². The molecule has 1 fully saturated rings. The first-order chi connectivity index (χ1) is 19.7. The molecule has 0 aliphatic carbocycles. The zero-order valence-corrected chi connectivity index (χ0v) is 26.6. The second-order valence-corrected chi connectivity index (χ2v) is 13.2. The monoisotopic (exact) mass is 556 g/mol. The molecule has 2 unspecified atom stereocenters. The number of Topliss-reactive ketones (excluding diaryl/α,β-unsaturated/α-hetero) is 1. The van der Waals surface area contributed by atoms with Crippen molar-refractivity contribution in [1.82, 2.24) is 0 Å². The Labute approximate surface area is 251 Å². The molecule has 0 bridgehead atoms. The van der Waals surface area contributed by atoms with Crippen LogP contribution in [0.2, 0.25) is 0 Å². The topological polar surface area (TPSA) is 26.3 Å². The molecule has 2 heteroatoms. The van der Waals surface area contributed by atoms with Crippen molar-refractivity contribution in [3.05, 3.63) is 95.1 Å². The average molecular weight is 557 g/mol. The van der Waals surface area contributed by atoms with Crippen molar-refractivity contribution in [3.63, 3.8) is 0 Å². The molecule has 2 atom stereocenters. The van der Waals surface area contributed by atoms with Crippen LogP contribution in [0.3, 0.4) is 0 Å². The summed E-state index contributed by atoms with van der Waals surface area (Å²) in [6, 6.07) is 18.2. The van der Waals surface area contributed by atoms with Gasteiger partial charge in [0.2, 0.25) is 0 Å². The van der Waals surface area contributed by atoms with Gasteiger partial charge in [-0.1, -0.05) is 106 Å². The van der Waals surface area contributed by atoms with Crippen LogP contribution in [-0.4, -0.2) is 18.5 Å². The number of ketones is 1. The molecule has 2 nitrogen and oxygen atoms in total. The lowest BCUT2D eigenvalue weighted by atomic mass is 9.77. The first-order valence-electron chi connectivity index (χ1n) is 16.3. The summed E-state index contributed by atoms with van der Waals surface area (Å²) in [6.07, 6.45) is 15.0. The Hall–Kier alpha value is -2.45. The van der Waals surface area contributed by atoms with Crippen molar-refractivity contribution < 1.29 is 9.53 Å². The van der Waals surface area contributed by atoms with Crippen LogP contribution in [0.25, 0.3) is 0 Å². The highest BCUT2D eigenvalue weighted by atomic mass is 16.5. The molecule has 1 heterocycles. The molecule has 0 radical (unpaired) electrons. The molecular weight excluding hydrogens is 500 g/mol. The van der Waals surface area contributed by atoms with E-state index in [-0.39, 0.29) is 5.41 Å². The molecule has 1 aliphatic heterocycles. The molecule has 1 saturated heterocycles. The van der Waals surface area contributed by atoms with Crippen molar-refractivity contribution in [2.75, 3.05) is 6.61 Å². The lowest BCUT2D eigenvalue weighted by Gasteiger charge is -2.26. The van der Waals surface area contributed by atoms with E-state index in [0.717, 1.165) is 58.0 Å². The van der Waals surface area contributed by atoms with E-state index in [4.69, 9.17) is 4.74 Å². The van der Waals surface area contributed by atoms with Crippen molar-refractivity contribution >= 4 is 5.78 Å². The molecule has 0 aromatic heterocycles. The molecule has 1 aliphatic rings. The molecular formula is C39H56O2. The summed E-state index contributed by atoms with van der Waals surface area (Å²) in [7, 11) is 0. The van der Waals surface area contributed by atoms with E-state index < -0.39 is 0 Å². The number of ether oxygens (including phenoxy) is 1. The molecule has 41 heavy (non-hydrogen) atoms. The maximum absolute atomic E-state index is 12.3. The Morgan fingerprint density at radius 1 is 0.780 bits per heavy atom. The Morgan fingerprint density at radius 2 is 1.29 bits per heavy atom. The lowest BCUT2D eigenvalue weighted by molar-refractivity contribution is -0.119. The standard InChI is InChI=1S/C39H56O2/c1-7-8-9-12-30(2)27-33-17-22-36(23-18-33)39(5,6)37-24-19-34(20-25-37)28-31(3)13-10-11-14-38(40)26-21-35-16-15-32(4)41-29-35/h17-20,22-25,32,35H,2-3,7-16,21,26-29H2,1,4-6H3. The van der Waals surface area contributed by atoms with E-state index in [0.29, 0.717) is 30.6 Å². The number of carbonyl (C=O) groups excluding carboxylic acids is 1. The van der Waals surface area contributed by atoms with Gasteiger partial charge in [0.15, 0.2) is 0 Å². The van der Waals surface area contributed by atoms with Gasteiger partial charge in [0, 0.05) is 24.9 Å². The quantitative estimate of drug-likeness (QED) is 0.135. The highest BCUT2D eigenvalue weighted by Crippen LogP contribution is 2.32. The molecule has 0 N–H and O–H groups in total. The lowest BCUT2D eigenvalue weighted by Crippen LogP contribution is -2.24. The minimum Gasteiger partial charge on any atom is -0.378 e. The number of hydrogen-bond donors (Lipinski definition) is 0. The van der Waals surface area contributed by atoms with Crippen LogP contribution in [0, 0.1) is 5.92 Å². The fraction of sp³-hybridized carbons (Fsp3) is 0.564. The smallest absolute Gasteiger partial charge is 0.132 e. The Kier molecular flexibility index (Phi) is 13.6. The van der Waals surface area contributed by atoms with Gasteiger partial charge in [-0.05, 0) is 99.3 Å². The number of hydrogen-bond acceptors (Lipinski definition) is 2. The van der Waals surface area contributed by atoms with E-state index in [2.05, 4.69) is 89.4 Å². The van der Waals surface area contributed by atoms with Crippen molar-refractivity contribution in [2.24, 2.45) is 5.92 Å². The highest BCUT2D eigenvalue weighted by molar-refractivity contribution is 5.78. The third-order valence-electron chi connectivity index (χ3n) is 9.06. The van der Waals surface area contributed by atoms with Gasteiger partial charge >= 0.3 is 0 Å². The number of unbranched alkanes of at least 4 members (excludes halogenated alkanes) is 3. The molecule has 224 valence electrons. The Morgan fingerprint density at radius 3 is 1.78 bits per heavy atom. The van der Waals surface area contributed by atoms with Crippen LogP contribution in [0.4, 0.5) is 0 Å². The van der Waals surface area contributed by atoms with E-state index in [1.165, 1.54) is 59.1 Å². The first-order valence-corrected chi connectivity index (χ1v) is 16.3. The third-order valence-corrected chi connectivity index (χ3v) is 9.06. The van der Waals surface area contributed by atoms with Gasteiger partial charge in [-0.25, -0.2) is 0 Å². The molecule has 0 saturated carbocycles. The SMILES string of the molecule is C=C(CCCCC)Cc1ccc(C(C)(C)c2ccc(CC(=C)CCCCC(=O)CCC3CCC(C)OC3)cc2)cc1. The largest absolute Gasteiger partial charge is 0.378 e. The summed E-state index contributed by atoms with van der Waals surface area (Å²) in [5.74, 6) is 0.984. The van der Waals surface area contributed by atoms with Gasteiger partial charge in [-0.15, -0.1) is 0 Å². The van der Waals surface area contributed by atoms with Crippen LogP contribution in [0.1, 0.15) is 127 Å². The fourth-order valence-electron chi connectivity index (χ4n) is 5.98. The summed E-state index contributed by atoms with van der Waals surface area (Å²) < 4.78 is 5.74. The van der Waals surface area contributed by atoms with E-state index >= 15 is 0 Å². The number of allylic oxidation sites excluding steroid dienone is 2. The van der Waals surface area contributed by atoms with Crippen LogP contribution >= 0.6 is 0 Å². The molecule has 2 aromatic carbocycles. The van der Waals surface area contributed by atoms with Crippen LogP contribution < -0.4 is 0 Å². The zero-order valence-electron chi connectivity index (χ0n) is 26.6. The Bertz CT molecular complexity index is 1080. The number of rotatable bonds is 18. The van der Waals surface area contributed by atoms with Crippen molar-refractivity contribution in [3.8, 4) is 0 Å². The average Bonchev–Trinajstić information content (AvgIpc) is 2.96. The summed E-state index contributed by atoms with van der Waals surface area (Å²) in [6.45, 7) is 18.5. The van der Waals surface area contributed by atoms with Gasteiger partial charge < -0.3 is 4.74 Å². The molecule has 3 rings (SSSR count). The van der Waals surface area contributed by atoms with Gasteiger partial charge in [-0.2, -0.15) is 0 Å². The number of carbonyl (C=O) groups is 1. The van der Waals surface area contributed by atoms with Crippen LogP contribution in [0.5, 0.6) is 0 Å². The van der Waals surface area contributed by atoms with Gasteiger partial charge in [0.05, 0.1) is 6.10 Å². The second kappa shape index (κ2) is 16.9. The van der Waals surface area contributed by atoms with Gasteiger partial charge in [0.25, 0.3) is 0 Å². The van der Waals surface area contributed by atoms with Gasteiger partial charge in [0.1, 0.15) is 5.78 Å². The highest BCUT2D eigenvalue weighted by Gasteiger charge is 2.23. The van der Waals surface area contributed by atoms with Crippen LogP contribution in [0.15, 0.2) is 72.8 Å². The summed E-state index contributed by atoms with van der Waals surface area (Å²) in [5.41, 5.74) is 7.88. The fourth-order valence-corrected chi connectivity index (χ4v) is 5.98. The maximum atomic E-state index is 12.3. The van der Waals surface area contributed by atoms with E-state index in [1.807, 2.05) is 0 Å². The molecule has 0 spiro atoms. The zero-order chi connectivity index (χ0) is 29.7. The van der Waals surface area contributed by atoms with Crippen molar-refractivity contribution in [1.29, 1.82) is 0 Å². The number of benzene rings is 2. The summed E-state index contributed by atoms with van der Waals surface area (Å²) >= 11 is 0. The first kappa shape index (κ1) is 33.1.